The molecule has 4 aliphatic carbocycles. The van der Waals surface area contributed by atoms with Gasteiger partial charge in [-0.15, -0.1) is 0 Å². The molecule has 4 rings (SSSR count). The van der Waals surface area contributed by atoms with Gasteiger partial charge in [-0.25, -0.2) is 0 Å². The molecular weight excluding hydrogens is 408 g/mol. The topological polar surface area (TPSA) is 43.4 Å². The molecule has 0 aromatic heterocycles. The Balaban J connectivity index is 1.40. The van der Waals surface area contributed by atoms with E-state index in [-0.39, 0.29) is 30.0 Å². The first kappa shape index (κ1) is 21.2. The molecule has 3 fully saturated rings. The highest BCUT2D eigenvalue weighted by Crippen LogP contribution is 2.65. The fourth-order valence-corrected chi connectivity index (χ4v) is 7.66. The van der Waals surface area contributed by atoms with Gasteiger partial charge in [-0.05, 0) is 80.6 Å². The van der Waals surface area contributed by atoms with Crippen molar-refractivity contribution >= 4 is 11.8 Å². The quantitative estimate of drug-likeness (QED) is 0.246. The minimum Gasteiger partial charge on any atom is -0.462 e. The number of fused-ring (bicyclic) bond motifs is 5. The molecule has 6 atom stereocenters. The summed E-state index contributed by atoms with van der Waals surface area (Å²) < 4.78 is 33.0. The highest BCUT2D eigenvalue weighted by atomic mass is 16.5. The van der Waals surface area contributed by atoms with E-state index in [4.69, 9.17) is 7.48 Å². The van der Waals surface area contributed by atoms with Crippen LogP contribution in [0.4, 0.5) is 0 Å². The molecule has 3 nitrogen and oxygen atoms in total. The molecule has 0 aromatic carbocycles. The summed E-state index contributed by atoms with van der Waals surface area (Å²) in [4.78, 5) is 25.0. The molecule has 0 bridgehead atoms. The highest BCUT2D eigenvalue weighted by molar-refractivity contribution is 5.91. The van der Waals surface area contributed by atoms with Crippen molar-refractivity contribution < 1.29 is 18.4 Å². The maximum Gasteiger partial charge on any atom is 0.306 e. The van der Waals surface area contributed by atoms with E-state index in [0.29, 0.717) is 24.7 Å². The molecule has 0 heterocycles. The third-order valence-corrected chi connectivity index (χ3v) is 9.80. The molecule has 33 heavy (non-hydrogen) atoms. The predicted octanol–water partition coefficient (Wildman–Crippen LogP) is 7.96. The Labute approximate surface area is 206 Å². The van der Waals surface area contributed by atoms with E-state index in [9.17, 15) is 11.0 Å². The molecule has 0 aromatic rings. The van der Waals surface area contributed by atoms with Crippen LogP contribution in [-0.4, -0.2) is 17.8 Å². The Morgan fingerprint density at radius 1 is 1.03 bits per heavy atom. The number of hydrogen-bond acceptors (Lipinski definition) is 3. The van der Waals surface area contributed by atoms with Crippen molar-refractivity contribution in [3.63, 3.8) is 0 Å². The maximum absolute atomic E-state index is 12.9. The summed E-state index contributed by atoms with van der Waals surface area (Å²) in [5.41, 5.74) is 0.610. The van der Waals surface area contributed by atoms with Crippen LogP contribution in [0.1, 0.15) is 134 Å². The van der Waals surface area contributed by atoms with E-state index in [0.717, 1.165) is 44.9 Å². The average molecular weight is 460 g/mol. The fraction of sp³-hybridized carbons (Fsp3) is 0.867. The summed E-state index contributed by atoms with van der Waals surface area (Å²) in [6.07, 6.45) is 12.8. The lowest BCUT2D eigenvalue weighted by atomic mass is 9.47. The van der Waals surface area contributed by atoms with Crippen LogP contribution in [0.2, 0.25) is 0 Å². The Morgan fingerprint density at radius 2 is 1.76 bits per heavy atom. The average Bonchev–Trinajstić information content (AvgIpc) is 2.98. The Morgan fingerprint density at radius 3 is 2.52 bits per heavy atom. The van der Waals surface area contributed by atoms with Crippen molar-refractivity contribution in [1.29, 1.82) is 0 Å². The van der Waals surface area contributed by atoms with E-state index >= 15 is 0 Å². The van der Waals surface area contributed by atoms with Crippen molar-refractivity contribution in [1.82, 2.24) is 0 Å². The Hall–Kier alpha value is -1.12. The molecule has 0 aliphatic heterocycles. The maximum atomic E-state index is 12.9. The van der Waals surface area contributed by atoms with E-state index in [1.54, 1.807) is 0 Å². The number of hydrogen-bond donors (Lipinski definition) is 0. The number of carbonyl (C=O) groups excluding carboxylic acids is 2. The first-order valence-corrected chi connectivity index (χ1v) is 13.9. The molecule has 186 valence electrons. The van der Waals surface area contributed by atoms with Gasteiger partial charge in [0.15, 0.2) is 5.78 Å². The largest absolute Gasteiger partial charge is 0.462 e. The van der Waals surface area contributed by atoms with Crippen LogP contribution in [0.25, 0.3) is 0 Å². The van der Waals surface area contributed by atoms with Gasteiger partial charge < -0.3 is 4.74 Å². The van der Waals surface area contributed by atoms with Crippen molar-refractivity contribution in [3.05, 3.63) is 11.6 Å². The summed E-state index contributed by atoms with van der Waals surface area (Å²) >= 11 is 0. The summed E-state index contributed by atoms with van der Waals surface area (Å²) in [5, 5.41) is 0. The number of unbranched alkanes of at least 4 members (excludes halogenated alkanes) is 7. The van der Waals surface area contributed by atoms with Crippen molar-refractivity contribution in [2.75, 3.05) is 0 Å². The van der Waals surface area contributed by atoms with Gasteiger partial charge in [0.1, 0.15) is 6.08 Å². The van der Waals surface area contributed by atoms with E-state index in [1.807, 2.05) is 13.0 Å². The third kappa shape index (κ3) is 5.13. The van der Waals surface area contributed by atoms with Crippen molar-refractivity contribution in [2.24, 2.45) is 28.6 Å². The monoisotopic (exact) mass is 459 g/mol. The minimum absolute atomic E-state index is 0.00532. The summed E-state index contributed by atoms with van der Waals surface area (Å²) in [5.74, 6) is 0.584. The number of carbonyl (C=O) groups is 2. The van der Waals surface area contributed by atoms with Gasteiger partial charge in [-0.3, -0.25) is 9.59 Å². The molecule has 3 heteroatoms. The fourth-order valence-electron chi connectivity index (χ4n) is 7.66. The zero-order chi connectivity index (χ0) is 26.2. The molecule has 4 aliphatic rings. The molecule has 0 amide bonds. The first-order valence-electron chi connectivity index (χ1n) is 15.4. The van der Waals surface area contributed by atoms with E-state index < -0.39 is 23.8 Å². The third-order valence-electron chi connectivity index (χ3n) is 9.80. The molecule has 0 spiro atoms. The second-order valence-electron chi connectivity index (χ2n) is 11.8. The number of ketones is 1. The number of rotatable bonds is 10. The summed E-state index contributed by atoms with van der Waals surface area (Å²) in [7, 11) is 0. The van der Waals surface area contributed by atoms with Gasteiger partial charge in [0, 0.05) is 21.0 Å². The number of allylic oxidation sites excluding steroid dienone is 1. The van der Waals surface area contributed by atoms with Crippen LogP contribution in [-0.2, 0) is 14.3 Å². The lowest BCUT2D eigenvalue weighted by molar-refractivity contribution is -0.160. The highest BCUT2D eigenvalue weighted by Gasteiger charge is 2.59. The molecule has 0 unspecified atom stereocenters. The second kappa shape index (κ2) is 10.6. The van der Waals surface area contributed by atoms with Gasteiger partial charge in [-0.1, -0.05) is 71.3 Å². The molecular formula is C30H48O3. The van der Waals surface area contributed by atoms with Gasteiger partial charge in [-0.2, -0.15) is 0 Å². The van der Waals surface area contributed by atoms with Crippen LogP contribution in [0.3, 0.4) is 0 Å². The molecule has 0 radical (unpaired) electrons. The van der Waals surface area contributed by atoms with E-state index in [1.165, 1.54) is 37.7 Å². The van der Waals surface area contributed by atoms with Gasteiger partial charge in [0.2, 0.25) is 0 Å². The van der Waals surface area contributed by atoms with Crippen LogP contribution < -0.4 is 0 Å². The van der Waals surface area contributed by atoms with Crippen molar-refractivity contribution in [2.45, 2.75) is 136 Å². The van der Waals surface area contributed by atoms with Crippen LogP contribution >= 0.6 is 0 Å². The molecule has 3 saturated carbocycles. The smallest absolute Gasteiger partial charge is 0.306 e. The van der Waals surface area contributed by atoms with E-state index in [2.05, 4.69) is 13.8 Å². The second-order valence-corrected chi connectivity index (χ2v) is 11.8. The predicted molar refractivity (Wildman–Crippen MR) is 134 cm³/mol. The molecule has 0 saturated heterocycles. The van der Waals surface area contributed by atoms with Crippen LogP contribution in [0, 0.1) is 28.6 Å². The molecule has 0 N–H and O–H groups in total. The number of esters is 1. The van der Waals surface area contributed by atoms with Gasteiger partial charge in [0.05, 0.1) is 1.37 Å². The van der Waals surface area contributed by atoms with Gasteiger partial charge >= 0.3 is 5.97 Å². The lowest BCUT2D eigenvalue weighted by Gasteiger charge is -2.57. The zero-order valence-corrected chi connectivity index (χ0v) is 21.3. The summed E-state index contributed by atoms with van der Waals surface area (Å²) in [6, 6.07) is 0. The standard InChI is InChI=1S/C30H48O3/c1-4-5-6-7-8-9-10-11-12-28(32)33-27-16-15-25-24-14-13-22-21-23(31)17-19-29(22,2)26(24)18-20-30(25,27)3/h21,24-27H,4-20H2,1-3H3/t24-,25-,26-,27-,29-,30-/m0/s1/i16D2,27D. The zero-order valence-electron chi connectivity index (χ0n) is 24.3. The van der Waals surface area contributed by atoms with Crippen molar-refractivity contribution in [3.8, 4) is 0 Å². The Bertz CT molecular complexity index is 870. The minimum atomic E-state index is -1.87. The van der Waals surface area contributed by atoms with Crippen LogP contribution in [0.15, 0.2) is 11.6 Å². The lowest BCUT2D eigenvalue weighted by Crippen LogP contribution is -2.51. The summed E-state index contributed by atoms with van der Waals surface area (Å²) in [6.45, 7) is 6.55. The number of ether oxygens (including phenoxy) is 1. The first-order chi connectivity index (χ1) is 17.0. The van der Waals surface area contributed by atoms with Gasteiger partial charge in [0.25, 0.3) is 0 Å². The van der Waals surface area contributed by atoms with Crippen LogP contribution in [0.5, 0.6) is 0 Å². The normalized spacial score (nSPS) is 42.8. The SMILES string of the molecule is [2H]C1([2H])C[C@H]2[C@@H]3CCC4=CC(=O)CC[C@]4(C)[C@H]3CC[C@]2(C)[C@@]1([2H])OC(=O)CCCCCCCCCC. The Kier molecular flexibility index (Phi) is 6.84.